The molecule has 0 spiro atoms. The maximum atomic E-state index is 5.63. The van der Waals surface area contributed by atoms with Gasteiger partial charge in [-0.2, -0.15) is 36.2 Å². The van der Waals surface area contributed by atoms with Crippen molar-refractivity contribution < 1.29 is 85.3 Å². The van der Waals surface area contributed by atoms with Crippen LogP contribution in [0.4, 0.5) is 0 Å². The molecular weight excluding hydrogens is 901 g/mol. The average molecular weight is 989 g/mol. The van der Waals surface area contributed by atoms with Crippen molar-refractivity contribution in [1.82, 2.24) is 0 Å². The molecule has 64 heavy (non-hydrogen) atoms. The summed E-state index contributed by atoms with van der Waals surface area (Å²) in [6.45, 7) is 22.9. The molecule has 0 amide bonds. The molecule has 0 radical (unpaired) electrons. The van der Waals surface area contributed by atoms with Crippen molar-refractivity contribution in [3.8, 4) is 0 Å². The van der Waals surface area contributed by atoms with E-state index in [2.05, 4.69) is 26.5 Å². The molecular formula is C43H88O18S3. The van der Waals surface area contributed by atoms with Crippen LogP contribution in [-0.2, 0) is 85.3 Å². The Morgan fingerprint density at radius 3 is 0.656 bits per heavy atom. The van der Waals surface area contributed by atoms with Crippen LogP contribution >= 0.6 is 36.2 Å². The largest absolute Gasteiger partial charge is 0.382 e. The van der Waals surface area contributed by atoms with E-state index in [9.17, 15) is 0 Å². The first kappa shape index (κ1) is 64.3. The smallest absolute Gasteiger partial charge is 0.0701 e. The number of rotatable bonds is 59. The Morgan fingerprint density at radius 1 is 0.281 bits per heavy atom. The lowest BCUT2D eigenvalue weighted by atomic mass is 10.5. The minimum atomic E-state index is 0.450. The van der Waals surface area contributed by atoms with Gasteiger partial charge in [0.05, 0.1) is 231 Å². The summed E-state index contributed by atoms with van der Waals surface area (Å²) < 4.78 is 98.4. The highest BCUT2D eigenvalue weighted by atomic mass is 32.2. The van der Waals surface area contributed by atoms with E-state index in [1.165, 1.54) is 0 Å². The quantitative estimate of drug-likeness (QED) is 0.0698. The van der Waals surface area contributed by atoms with Crippen LogP contribution in [0.25, 0.3) is 0 Å². The summed E-state index contributed by atoms with van der Waals surface area (Å²) >= 11 is 8.34. The molecule has 0 aromatic rings. The van der Waals surface area contributed by atoms with Crippen LogP contribution in [0.15, 0.2) is 0 Å². The summed E-state index contributed by atoms with van der Waals surface area (Å²) in [5.41, 5.74) is 0. The van der Waals surface area contributed by atoms with Gasteiger partial charge >= 0.3 is 0 Å². The van der Waals surface area contributed by atoms with Crippen molar-refractivity contribution in [2.45, 2.75) is 24.3 Å². The number of ether oxygens (including phenoxy) is 18. The summed E-state index contributed by atoms with van der Waals surface area (Å²) in [6, 6.07) is 0. The molecule has 2 atom stereocenters. The van der Waals surface area contributed by atoms with Crippen LogP contribution in [0.3, 0.4) is 0 Å². The van der Waals surface area contributed by atoms with Crippen LogP contribution in [0.1, 0.15) is 13.8 Å². The Bertz CT molecular complexity index is 837. The van der Waals surface area contributed by atoms with E-state index in [1.54, 1.807) is 7.11 Å². The lowest BCUT2D eigenvalue weighted by Crippen LogP contribution is -2.16. The highest BCUT2D eigenvalue weighted by molar-refractivity contribution is 8.03. The van der Waals surface area contributed by atoms with Gasteiger partial charge < -0.3 is 85.3 Å². The minimum absolute atomic E-state index is 0.450. The summed E-state index contributed by atoms with van der Waals surface area (Å²) in [6.07, 6.45) is 0. The van der Waals surface area contributed by atoms with Gasteiger partial charge in [-0.3, -0.25) is 0 Å². The fourth-order valence-electron chi connectivity index (χ4n) is 4.48. The number of thioether (sulfide) groups is 2. The first-order chi connectivity index (χ1) is 31.7. The van der Waals surface area contributed by atoms with Crippen molar-refractivity contribution in [2.75, 3.05) is 256 Å². The van der Waals surface area contributed by atoms with Crippen molar-refractivity contribution in [1.29, 1.82) is 0 Å². The lowest BCUT2D eigenvalue weighted by Gasteiger charge is -2.12. The number of thiol groups is 1. The van der Waals surface area contributed by atoms with Gasteiger partial charge in [0.25, 0.3) is 0 Å². The molecule has 0 bridgehead atoms. The monoisotopic (exact) mass is 989 g/mol. The van der Waals surface area contributed by atoms with Gasteiger partial charge in [0, 0.05) is 34.9 Å². The molecule has 0 aliphatic carbocycles. The second kappa shape index (κ2) is 59.5. The van der Waals surface area contributed by atoms with Crippen LogP contribution in [-0.4, -0.2) is 266 Å². The number of methoxy groups -OCH3 is 1. The molecule has 0 N–H and O–H groups in total. The highest BCUT2D eigenvalue weighted by Crippen LogP contribution is 2.18. The molecule has 0 fully saturated rings. The van der Waals surface area contributed by atoms with Gasteiger partial charge in [0.1, 0.15) is 0 Å². The van der Waals surface area contributed by atoms with Gasteiger partial charge in [0.15, 0.2) is 0 Å². The maximum Gasteiger partial charge on any atom is 0.0701 e. The van der Waals surface area contributed by atoms with Gasteiger partial charge in [-0.1, -0.05) is 13.8 Å². The molecule has 0 aliphatic heterocycles. The zero-order valence-electron chi connectivity index (χ0n) is 39.6. The Labute approximate surface area is 400 Å². The second-order valence-electron chi connectivity index (χ2n) is 13.5. The second-order valence-corrected chi connectivity index (χ2v) is 17.0. The van der Waals surface area contributed by atoms with E-state index < -0.39 is 0 Å². The van der Waals surface area contributed by atoms with E-state index in [0.717, 1.165) is 23.9 Å². The Morgan fingerprint density at radius 2 is 0.469 bits per heavy atom. The summed E-state index contributed by atoms with van der Waals surface area (Å²) in [7, 11) is 1.65. The van der Waals surface area contributed by atoms with E-state index in [1.807, 2.05) is 23.5 Å². The lowest BCUT2D eigenvalue weighted by molar-refractivity contribution is -0.0308. The van der Waals surface area contributed by atoms with E-state index in [4.69, 9.17) is 85.3 Å². The average Bonchev–Trinajstić information content (AvgIpc) is 3.29. The topological polar surface area (TPSA) is 166 Å². The fourth-order valence-corrected chi connectivity index (χ4v) is 6.75. The van der Waals surface area contributed by atoms with E-state index in [0.29, 0.717) is 235 Å². The summed E-state index contributed by atoms with van der Waals surface area (Å²) in [4.78, 5) is 0. The van der Waals surface area contributed by atoms with Gasteiger partial charge in [-0.25, -0.2) is 0 Å². The standard InChI is InChI=1S/C43H88O18S3/c1-42(62)40-64-43(2)41-63-39-38-61-37-36-60-35-34-59-33-32-58-31-30-57-29-28-56-27-26-55-25-24-54-23-22-53-21-20-52-19-18-51-17-16-50-15-14-49-13-12-48-11-10-47-9-8-46-7-6-45-5-4-44-3/h42-43,62H,4-41H2,1-3H3. The van der Waals surface area contributed by atoms with E-state index >= 15 is 0 Å². The molecule has 0 aliphatic rings. The molecule has 21 heteroatoms. The van der Waals surface area contributed by atoms with Crippen molar-refractivity contribution >= 4 is 36.2 Å². The zero-order valence-corrected chi connectivity index (χ0v) is 42.2. The first-order valence-electron chi connectivity index (χ1n) is 22.8. The fraction of sp³-hybridized carbons (Fsp3) is 1.00. The van der Waals surface area contributed by atoms with Gasteiger partial charge in [-0.15, -0.1) is 0 Å². The highest BCUT2D eigenvalue weighted by Gasteiger charge is 2.05. The van der Waals surface area contributed by atoms with Crippen LogP contribution < -0.4 is 0 Å². The molecule has 2 unspecified atom stereocenters. The number of hydrogen-bond donors (Lipinski definition) is 1. The zero-order chi connectivity index (χ0) is 46.2. The predicted molar refractivity (Wildman–Crippen MR) is 253 cm³/mol. The Hall–Kier alpha value is 0.330. The van der Waals surface area contributed by atoms with Crippen molar-refractivity contribution in [2.24, 2.45) is 0 Å². The molecule has 0 saturated carbocycles. The van der Waals surface area contributed by atoms with Crippen LogP contribution in [0.2, 0.25) is 0 Å². The van der Waals surface area contributed by atoms with Crippen molar-refractivity contribution in [3.63, 3.8) is 0 Å². The molecule has 386 valence electrons. The maximum absolute atomic E-state index is 5.63. The Kier molecular flexibility index (Phi) is 59.8. The number of hydrogen-bond acceptors (Lipinski definition) is 21. The third-order valence-electron chi connectivity index (χ3n) is 7.73. The van der Waals surface area contributed by atoms with Crippen LogP contribution in [0.5, 0.6) is 0 Å². The Balaban J connectivity index is 3.08. The minimum Gasteiger partial charge on any atom is -0.382 e. The van der Waals surface area contributed by atoms with Crippen molar-refractivity contribution in [3.05, 3.63) is 0 Å². The van der Waals surface area contributed by atoms with Crippen LogP contribution in [0, 0.1) is 0 Å². The normalized spacial score (nSPS) is 12.8. The van der Waals surface area contributed by atoms with Gasteiger partial charge in [-0.05, 0) is 0 Å². The first-order valence-corrected chi connectivity index (χ1v) is 25.6. The molecule has 0 rings (SSSR count). The third kappa shape index (κ3) is 60.3. The molecule has 0 aromatic carbocycles. The van der Waals surface area contributed by atoms with Gasteiger partial charge in [0.2, 0.25) is 0 Å². The molecule has 0 saturated heterocycles. The van der Waals surface area contributed by atoms with E-state index in [-0.39, 0.29) is 0 Å². The summed E-state index contributed by atoms with van der Waals surface area (Å²) in [5, 5.41) is 1.10. The SMILES string of the molecule is COCCOCCOCCOCCOCCOCCOCCOCCOCCOCCOCCOCCOCCOCCOCCOCCOCCOCCSCC(C)SCC(C)S. The predicted octanol–water partition coefficient (Wildman–Crippen LogP) is 3.09. The molecule has 0 aromatic heterocycles. The third-order valence-corrected chi connectivity index (χ3v) is 11.0. The molecule has 0 heterocycles. The summed E-state index contributed by atoms with van der Waals surface area (Å²) in [5.74, 6) is 3.25. The molecule has 18 nitrogen and oxygen atoms in total.